The molecule has 1 N–H and O–H groups in total. The average molecular weight is 378 g/mol. The van der Waals surface area contributed by atoms with Gasteiger partial charge in [0, 0.05) is 13.5 Å². The lowest BCUT2D eigenvalue weighted by molar-refractivity contribution is -0.312. The molecule has 1 heterocycles. The Labute approximate surface area is 160 Å². The maximum atomic E-state index is 12.8. The highest BCUT2D eigenvalue weighted by Crippen LogP contribution is 2.69. The number of fused-ring (bicyclic) bond motifs is 1. The summed E-state index contributed by atoms with van der Waals surface area (Å²) in [5.74, 6) is -1.14. The number of ether oxygens (including phenoxy) is 3. The van der Waals surface area contributed by atoms with Gasteiger partial charge in [0.25, 0.3) is 0 Å². The number of aliphatic hydroxyl groups is 1. The molecule has 2 aliphatic rings. The summed E-state index contributed by atoms with van der Waals surface area (Å²) in [6.45, 7) is 9.01. The molecule has 6 heteroatoms. The van der Waals surface area contributed by atoms with Gasteiger partial charge in [-0.1, -0.05) is 39.0 Å². The zero-order valence-corrected chi connectivity index (χ0v) is 17.0. The third-order valence-electron chi connectivity index (χ3n) is 6.06. The number of hydrogen-bond donors (Lipinski definition) is 1. The number of carbonyl (C=O) groups is 2. The van der Waals surface area contributed by atoms with Gasteiger partial charge in [0.05, 0.1) is 11.2 Å². The highest BCUT2D eigenvalue weighted by molar-refractivity contribution is 5.91. The first-order valence-corrected chi connectivity index (χ1v) is 9.43. The van der Waals surface area contributed by atoms with Gasteiger partial charge in [-0.15, -0.1) is 0 Å². The van der Waals surface area contributed by atoms with E-state index in [2.05, 4.69) is 0 Å². The van der Waals surface area contributed by atoms with Crippen LogP contribution in [0.15, 0.2) is 30.3 Å². The number of carbonyl (C=O) groups excluding carboxylic acids is 2. The molecule has 3 atom stereocenters. The second kappa shape index (κ2) is 7.24. The molecule has 2 unspecified atom stereocenters. The fourth-order valence-electron chi connectivity index (χ4n) is 4.53. The minimum atomic E-state index is -1.43. The van der Waals surface area contributed by atoms with Gasteiger partial charge in [0.1, 0.15) is 17.8 Å². The normalized spacial score (nSPS) is 33.1. The molecule has 1 aliphatic heterocycles. The fraction of sp³-hybridized carbons (Fsp3) is 0.619. The van der Waals surface area contributed by atoms with Gasteiger partial charge in [-0.2, -0.15) is 0 Å². The molecule has 1 aromatic carbocycles. The van der Waals surface area contributed by atoms with Gasteiger partial charge < -0.3 is 19.3 Å². The number of cyclic esters (lactones) is 1. The van der Waals surface area contributed by atoms with E-state index in [0.29, 0.717) is 12.0 Å². The Morgan fingerprint density at radius 3 is 2.33 bits per heavy atom. The fourth-order valence-corrected chi connectivity index (χ4v) is 4.53. The van der Waals surface area contributed by atoms with Crippen molar-refractivity contribution in [2.24, 2.45) is 5.41 Å². The number of hydrogen-bond acceptors (Lipinski definition) is 6. The second-order valence-corrected chi connectivity index (χ2v) is 7.34. The molecule has 0 bridgehead atoms. The van der Waals surface area contributed by atoms with Crippen molar-refractivity contribution in [1.29, 1.82) is 0 Å². The van der Waals surface area contributed by atoms with Gasteiger partial charge in [0.15, 0.2) is 5.41 Å². The van der Waals surface area contributed by atoms with Crippen molar-refractivity contribution in [2.45, 2.75) is 64.3 Å². The number of methoxy groups -OCH3 is 1. The van der Waals surface area contributed by atoms with Crippen LogP contribution < -0.4 is 0 Å². The van der Waals surface area contributed by atoms with E-state index in [9.17, 15) is 14.7 Å². The Balaban J connectivity index is 0.00000126. The molecule has 1 saturated heterocycles. The van der Waals surface area contributed by atoms with E-state index < -0.39 is 34.2 Å². The molecule has 6 nitrogen and oxygen atoms in total. The zero-order valence-electron chi connectivity index (χ0n) is 17.0. The molecule has 0 amide bonds. The van der Waals surface area contributed by atoms with Crippen molar-refractivity contribution in [2.75, 3.05) is 13.7 Å². The largest absolute Gasteiger partial charge is 0.461 e. The highest BCUT2D eigenvalue weighted by Gasteiger charge is 2.87. The summed E-state index contributed by atoms with van der Waals surface area (Å²) >= 11 is 0. The predicted molar refractivity (Wildman–Crippen MR) is 100 cm³/mol. The first kappa shape index (κ1) is 21.4. The van der Waals surface area contributed by atoms with E-state index in [0.717, 1.165) is 0 Å². The van der Waals surface area contributed by atoms with E-state index in [4.69, 9.17) is 14.2 Å². The van der Waals surface area contributed by atoms with Crippen molar-refractivity contribution >= 4 is 11.9 Å². The highest BCUT2D eigenvalue weighted by atomic mass is 16.6. The molecule has 150 valence electrons. The van der Waals surface area contributed by atoms with Crippen molar-refractivity contribution in [3.05, 3.63) is 35.9 Å². The Morgan fingerprint density at radius 2 is 1.81 bits per heavy atom. The molecule has 0 spiro atoms. The van der Waals surface area contributed by atoms with Gasteiger partial charge in [-0.05, 0) is 32.4 Å². The monoisotopic (exact) mass is 378 g/mol. The first-order valence-electron chi connectivity index (χ1n) is 9.43. The Morgan fingerprint density at radius 1 is 1.22 bits per heavy atom. The minimum absolute atomic E-state index is 0.245. The summed E-state index contributed by atoms with van der Waals surface area (Å²) in [7, 11) is 1.49. The van der Waals surface area contributed by atoms with E-state index in [-0.39, 0.29) is 13.0 Å². The van der Waals surface area contributed by atoms with E-state index in [1.54, 1.807) is 51.1 Å². The third kappa shape index (κ3) is 2.69. The van der Waals surface area contributed by atoms with Crippen LogP contribution in [0, 0.1) is 5.41 Å². The van der Waals surface area contributed by atoms with Crippen molar-refractivity contribution in [3.63, 3.8) is 0 Å². The molecule has 3 rings (SSSR count). The van der Waals surface area contributed by atoms with Crippen LogP contribution in [-0.4, -0.2) is 47.6 Å². The van der Waals surface area contributed by atoms with Gasteiger partial charge in [0.2, 0.25) is 0 Å². The lowest BCUT2D eigenvalue weighted by Crippen LogP contribution is -2.80. The van der Waals surface area contributed by atoms with Gasteiger partial charge in [-0.3, -0.25) is 4.79 Å². The Bertz CT molecular complexity index is 700. The van der Waals surface area contributed by atoms with Crippen LogP contribution >= 0.6 is 0 Å². The predicted octanol–water partition coefficient (Wildman–Crippen LogP) is 3.12. The standard InChI is InChI=1S/C19H24O6.C2H6/c1-5-17(22)11-19(23-4)16(2,3)25-15(21)18(17,19)12-24-14(20)13-9-7-6-8-10-13;1-2/h6-10,22H,5,11-12H2,1-4H3;1-2H3/t17?,18?,19-;/m0./s1. The molecular weight excluding hydrogens is 348 g/mol. The average Bonchev–Trinajstić information content (AvgIpc) is 2.81. The summed E-state index contributed by atoms with van der Waals surface area (Å²) in [5, 5.41) is 11.0. The zero-order chi connectivity index (χ0) is 20.5. The number of esters is 2. The molecule has 2 fully saturated rings. The summed E-state index contributed by atoms with van der Waals surface area (Å²) < 4.78 is 16.7. The SMILES string of the molecule is CC.CCC1(O)C[C@]2(OC)C(C)(C)OC(=O)C12COC(=O)c1ccccc1. The molecule has 0 radical (unpaired) electrons. The maximum absolute atomic E-state index is 12.8. The van der Waals surface area contributed by atoms with Crippen LogP contribution in [0.5, 0.6) is 0 Å². The summed E-state index contributed by atoms with van der Waals surface area (Å²) in [5.41, 5.74) is -4.37. The van der Waals surface area contributed by atoms with Crippen molar-refractivity contribution < 1.29 is 28.9 Å². The lowest BCUT2D eigenvalue weighted by Gasteiger charge is -2.63. The Hall–Kier alpha value is -1.92. The van der Waals surface area contributed by atoms with Crippen molar-refractivity contribution in [3.8, 4) is 0 Å². The molecule has 1 saturated carbocycles. The van der Waals surface area contributed by atoms with Crippen LogP contribution in [0.4, 0.5) is 0 Å². The molecule has 1 aromatic rings. The van der Waals surface area contributed by atoms with Gasteiger partial charge in [-0.25, -0.2) is 4.79 Å². The smallest absolute Gasteiger partial charge is 0.338 e. The number of benzene rings is 1. The third-order valence-corrected chi connectivity index (χ3v) is 6.06. The molecule has 1 aliphatic carbocycles. The molecule has 0 aromatic heterocycles. The maximum Gasteiger partial charge on any atom is 0.338 e. The number of rotatable bonds is 5. The topological polar surface area (TPSA) is 82.1 Å². The van der Waals surface area contributed by atoms with Crippen LogP contribution in [0.1, 0.15) is 57.8 Å². The summed E-state index contributed by atoms with van der Waals surface area (Å²) in [6.07, 6.45) is 0.570. The lowest BCUT2D eigenvalue weighted by atomic mass is 9.44. The molecular formula is C21H30O6. The Kier molecular flexibility index (Phi) is 5.74. The van der Waals surface area contributed by atoms with Crippen LogP contribution in [0.2, 0.25) is 0 Å². The van der Waals surface area contributed by atoms with E-state index >= 15 is 0 Å². The molecule has 27 heavy (non-hydrogen) atoms. The summed E-state index contributed by atoms with van der Waals surface area (Å²) in [6, 6.07) is 8.52. The first-order chi connectivity index (χ1) is 12.7. The van der Waals surface area contributed by atoms with Crippen LogP contribution in [0.3, 0.4) is 0 Å². The van der Waals surface area contributed by atoms with E-state index in [1.165, 1.54) is 7.11 Å². The second-order valence-electron chi connectivity index (χ2n) is 7.34. The van der Waals surface area contributed by atoms with Crippen LogP contribution in [-0.2, 0) is 19.0 Å². The van der Waals surface area contributed by atoms with Gasteiger partial charge >= 0.3 is 11.9 Å². The minimum Gasteiger partial charge on any atom is -0.461 e. The van der Waals surface area contributed by atoms with Crippen molar-refractivity contribution in [1.82, 2.24) is 0 Å². The quantitative estimate of drug-likeness (QED) is 0.793. The van der Waals surface area contributed by atoms with E-state index in [1.807, 2.05) is 13.8 Å². The van der Waals surface area contributed by atoms with Crippen LogP contribution in [0.25, 0.3) is 0 Å². The summed E-state index contributed by atoms with van der Waals surface area (Å²) in [4.78, 5) is 25.1.